The Morgan fingerprint density at radius 2 is 1.08 bits per heavy atom. The zero-order chi connectivity index (χ0) is 57.9. The van der Waals surface area contributed by atoms with Crippen LogP contribution >= 0.6 is 0 Å². The molecule has 3 unspecified atom stereocenters. The number of fused-ring (bicyclic) bond motifs is 7. The summed E-state index contributed by atoms with van der Waals surface area (Å²) < 4.78 is 46.8. The molecule has 4 aliphatic heterocycles. The third-order valence-electron chi connectivity index (χ3n) is 21.5. The van der Waals surface area contributed by atoms with Gasteiger partial charge < -0.3 is 120 Å². The van der Waals surface area contributed by atoms with Gasteiger partial charge in [-0.2, -0.15) is 0 Å². The monoisotopic (exact) mass is 1140 g/mol. The van der Waals surface area contributed by atoms with E-state index in [0.29, 0.717) is 51.4 Å². The van der Waals surface area contributed by atoms with Crippen LogP contribution in [0.4, 0.5) is 0 Å². The summed E-state index contributed by atoms with van der Waals surface area (Å²) in [6.07, 6.45) is -29.3. The molecule has 4 saturated heterocycles. The van der Waals surface area contributed by atoms with Gasteiger partial charge in [0.05, 0.1) is 50.7 Å². The first-order valence-corrected chi connectivity index (χ1v) is 28.1. The predicted octanol–water partition coefficient (Wildman–Crippen LogP) is -4.09. The lowest BCUT2D eigenvalue weighted by molar-refractivity contribution is -0.375. The maximum atomic E-state index is 15.1. The number of carbonyl (C=O) groups is 1. The highest BCUT2D eigenvalue weighted by Gasteiger charge is 2.72. The van der Waals surface area contributed by atoms with Crippen LogP contribution in [0.3, 0.4) is 0 Å². The molecule has 9 aliphatic rings. The van der Waals surface area contributed by atoms with Crippen molar-refractivity contribution in [3.05, 3.63) is 11.6 Å². The van der Waals surface area contributed by atoms with Crippen LogP contribution in [0.2, 0.25) is 0 Å². The summed E-state index contributed by atoms with van der Waals surface area (Å²) in [6.45, 7) is 9.49. The summed E-state index contributed by atoms with van der Waals surface area (Å²) in [7, 11) is 0. The highest BCUT2D eigenvalue weighted by Crippen LogP contribution is 2.76. The van der Waals surface area contributed by atoms with Crippen molar-refractivity contribution in [3.8, 4) is 0 Å². The number of allylic oxidation sites excluding steroid dienone is 2. The van der Waals surface area contributed by atoms with Gasteiger partial charge in [-0.3, -0.25) is 4.79 Å². The predicted molar refractivity (Wildman–Crippen MR) is 266 cm³/mol. The van der Waals surface area contributed by atoms with Crippen molar-refractivity contribution in [3.63, 3.8) is 0 Å². The zero-order valence-corrected chi connectivity index (χ0v) is 45.7. The van der Waals surface area contributed by atoms with E-state index in [1.54, 1.807) is 0 Å². The zero-order valence-electron chi connectivity index (χ0n) is 45.7. The van der Waals surface area contributed by atoms with Crippen LogP contribution in [0.5, 0.6) is 0 Å². The molecule has 0 bridgehead atoms. The molecule has 0 amide bonds. The Morgan fingerprint density at radius 3 is 1.67 bits per heavy atom. The van der Waals surface area contributed by atoms with Gasteiger partial charge in [0.15, 0.2) is 18.9 Å². The smallest absolute Gasteiger partial charge is 0.315 e. The van der Waals surface area contributed by atoms with Crippen LogP contribution in [-0.4, -0.2) is 256 Å². The van der Waals surface area contributed by atoms with E-state index in [4.69, 9.17) is 37.9 Å². The van der Waals surface area contributed by atoms with Gasteiger partial charge in [0, 0.05) is 5.41 Å². The Morgan fingerprint density at radius 1 is 0.557 bits per heavy atom. The first-order chi connectivity index (χ1) is 37.0. The van der Waals surface area contributed by atoms with E-state index in [-0.39, 0.29) is 29.6 Å². The number of carbonyl (C=O) groups excluding carboxylic acids is 1. The first-order valence-electron chi connectivity index (χ1n) is 28.1. The van der Waals surface area contributed by atoms with Crippen LogP contribution in [0.25, 0.3) is 0 Å². The highest BCUT2D eigenvalue weighted by atomic mass is 16.8. The molecular formula is C54H88O25. The molecule has 25 nitrogen and oxygen atoms in total. The largest absolute Gasteiger partial charge is 0.432 e. The number of esters is 1. The average Bonchev–Trinajstić information content (AvgIpc) is 3.59. The molecule has 4 saturated carbocycles. The minimum Gasteiger partial charge on any atom is -0.432 e. The van der Waals surface area contributed by atoms with Crippen LogP contribution in [-0.2, 0) is 42.7 Å². The normalized spacial score (nSPS) is 54.6. The van der Waals surface area contributed by atoms with Gasteiger partial charge in [0.25, 0.3) is 0 Å². The van der Waals surface area contributed by atoms with Gasteiger partial charge in [-0.25, -0.2) is 0 Å². The standard InChI is InChI=1S/C54H88O25/c1-49(2)11-13-54(48(71)79-46-40(69)37(66)33(62)28(76-46)20-72-44-38(67)35(64)31(60)25(17-55)73-44)14-12-52(5)22(23(54)15-49)7-8-30-50(3)16-24(59)43(51(4,21-58)29(50)9-10-53(30,52)6)78-47-41(70)42(34(63)27(19-57)75-47)77-45-39(68)36(65)32(61)26(18-56)74-45/h7,23-47,55-70H,8-21H2,1-6H3/t23?,24-,25-,26+,27+,28+,29+,30?,31-,32+,33+,34+,35+,36-,37-,38-,39+,40+,41+,42-,43-,44-,45-,46-,47-,50-,51-,52+,53+,54?/m0/s1. The summed E-state index contributed by atoms with van der Waals surface area (Å²) in [5.41, 5.74) is -2.92. The van der Waals surface area contributed by atoms with Crippen molar-refractivity contribution in [1.82, 2.24) is 0 Å². The van der Waals surface area contributed by atoms with E-state index < -0.39 is 201 Å². The van der Waals surface area contributed by atoms with Gasteiger partial charge in [0.2, 0.25) is 6.29 Å². The van der Waals surface area contributed by atoms with E-state index in [0.717, 1.165) is 5.57 Å². The molecule has 8 fully saturated rings. The minimum atomic E-state index is -1.89. The third kappa shape index (κ3) is 10.1. The second-order valence-electron chi connectivity index (χ2n) is 26.3. The van der Waals surface area contributed by atoms with Gasteiger partial charge >= 0.3 is 5.97 Å². The van der Waals surface area contributed by atoms with E-state index in [9.17, 15) is 81.7 Å². The van der Waals surface area contributed by atoms with Crippen molar-refractivity contribution in [2.75, 3.05) is 33.0 Å². The molecule has 0 radical (unpaired) electrons. The molecule has 30 atom stereocenters. The van der Waals surface area contributed by atoms with Gasteiger partial charge in [-0.1, -0.05) is 53.2 Å². The van der Waals surface area contributed by atoms with Gasteiger partial charge in [-0.05, 0) is 97.2 Å². The fourth-order valence-corrected chi connectivity index (χ4v) is 16.6. The van der Waals surface area contributed by atoms with E-state index >= 15 is 4.79 Å². The summed E-state index contributed by atoms with van der Waals surface area (Å²) in [6, 6.07) is 0. The fraction of sp³-hybridized carbons (Fsp3) is 0.944. The molecule has 4 heterocycles. The Hall–Kier alpha value is -1.71. The number of hydrogen-bond donors (Lipinski definition) is 16. The van der Waals surface area contributed by atoms with Crippen molar-refractivity contribution in [2.45, 2.75) is 234 Å². The number of aliphatic hydroxyl groups is 16. The molecule has 25 heteroatoms. The number of aliphatic hydroxyl groups excluding tert-OH is 16. The first kappa shape index (κ1) is 61.8. The number of hydrogen-bond acceptors (Lipinski definition) is 25. The number of ether oxygens (including phenoxy) is 8. The van der Waals surface area contributed by atoms with Gasteiger partial charge in [0.1, 0.15) is 97.7 Å². The SMILES string of the molecule is CC1(C)CCC2(C(=O)O[C@@H]3O[C@H](CO[C@H]4O[C@@H](CO)[C@H](O)[C@@H](O)[C@@H]4O)[C@@H](O)[C@H](O)[C@H]3O)CC[C@]3(C)C(=CCC4[C@@]5(C)C[C@H](O)[C@H](O[C@@H]6O[C@H](CO)[C@@H](O)[C@H](O[C@@H]7O[C@H](CO)[C@@H](O)[C@H](O)[C@H]7O)[C@H]6O)[C@@](C)(CO)[C@@H]5CC[C@]43C)C2C1. The van der Waals surface area contributed by atoms with Crippen molar-refractivity contribution >= 4 is 5.97 Å². The van der Waals surface area contributed by atoms with Crippen molar-refractivity contribution in [2.24, 2.45) is 50.2 Å². The third-order valence-corrected chi connectivity index (χ3v) is 21.5. The summed E-state index contributed by atoms with van der Waals surface area (Å²) in [5.74, 6) is -1.34. The highest BCUT2D eigenvalue weighted by molar-refractivity contribution is 5.79. The second-order valence-corrected chi connectivity index (χ2v) is 26.3. The Labute approximate surface area is 458 Å². The molecular weight excluding hydrogens is 1050 g/mol. The van der Waals surface area contributed by atoms with Crippen LogP contribution < -0.4 is 0 Å². The molecule has 9 rings (SSSR count). The molecule has 454 valence electrons. The lowest BCUT2D eigenvalue weighted by Crippen LogP contribution is -2.70. The summed E-state index contributed by atoms with van der Waals surface area (Å²) in [4.78, 5) is 15.1. The van der Waals surface area contributed by atoms with Crippen LogP contribution in [0.1, 0.15) is 99.3 Å². The molecule has 0 aromatic rings. The lowest BCUT2D eigenvalue weighted by atomic mass is 9.33. The molecule has 79 heavy (non-hydrogen) atoms. The van der Waals surface area contributed by atoms with Crippen LogP contribution in [0, 0.1) is 50.2 Å². The number of rotatable bonds is 13. The van der Waals surface area contributed by atoms with E-state index in [1.165, 1.54) is 0 Å². The second kappa shape index (κ2) is 22.6. The van der Waals surface area contributed by atoms with E-state index in [1.807, 2.05) is 6.92 Å². The molecule has 0 aromatic carbocycles. The van der Waals surface area contributed by atoms with Crippen LogP contribution in [0.15, 0.2) is 11.6 Å². The molecule has 5 aliphatic carbocycles. The summed E-state index contributed by atoms with van der Waals surface area (Å²) >= 11 is 0. The van der Waals surface area contributed by atoms with Crippen molar-refractivity contribution in [1.29, 1.82) is 0 Å². The average molecular weight is 1140 g/mol. The Kier molecular flexibility index (Phi) is 17.7. The molecule has 16 N–H and O–H groups in total. The summed E-state index contributed by atoms with van der Waals surface area (Å²) in [5, 5.41) is 172. The maximum absolute atomic E-state index is 15.1. The maximum Gasteiger partial charge on any atom is 0.315 e. The molecule has 0 aromatic heterocycles. The van der Waals surface area contributed by atoms with Crippen molar-refractivity contribution < 1.29 is 124 Å². The fourth-order valence-electron chi connectivity index (χ4n) is 16.6. The minimum absolute atomic E-state index is 0.0763. The van der Waals surface area contributed by atoms with E-state index in [2.05, 4.69) is 40.7 Å². The lowest BCUT2D eigenvalue weighted by Gasteiger charge is -2.72. The quantitative estimate of drug-likeness (QED) is 0.0474. The topological polar surface area (TPSA) is 415 Å². The molecule has 0 spiro atoms. The Bertz CT molecular complexity index is 2170. The Balaban J connectivity index is 0.939. The van der Waals surface area contributed by atoms with Gasteiger partial charge in [-0.15, -0.1) is 0 Å².